The number of benzene rings is 3. The van der Waals surface area contributed by atoms with E-state index in [2.05, 4.69) is 5.32 Å². The Morgan fingerprint density at radius 3 is 2.13 bits per heavy atom. The Kier molecular flexibility index (Phi) is 9.46. The molecule has 0 aromatic heterocycles. The summed E-state index contributed by atoms with van der Waals surface area (Å²) in [5.41, 5.74) is 1.82. The third kappa shape index (κ3) is 6.49. The molecule has 0 radical (unpaired) electrons. The highest BCUT2D eigenvalue weighted by molar-refractivity contribution is 7.93. The summed E-state index contributed by atoms with van der Waals surface area (Å²) >= 11 is 0. The maximum atomic E-state index is 13.9. The summed E-state index contributed by atoms with van der Waals surface area (Å²) in [6, 6.07) is 16.3. The van der Waals surface area contributed by atoms with Crippen LogP contribution in [0.3, 0.4) is 0 Å². The first kappa shape index (κ1) is 28.6. The summed E-state index contributed by atoms with van der Waals surface area (Å²) in [6.07, 6.45) is 0. The second kappa shape index (κ2) is 12.6. The number of ether oxygens (including phenoxy) is 4. The lowest BCUT2D eigenvalue weighted by Gasteiger charge is -2.26. The molecule has 3 aromatic carbocycles. The van der Waals surface area contributed by atoms with Crippen LogP contribution in [0.1, 0.15) is 31.0 Å². The van der Waals surface area contributed by atoms with E-state index in [0.29, 0.717) is 29.5 Å². The predicted octanol–water partition coefficient (Wildman–Crippen LogP) is 4.49. The molecular formula is C28H34N2O7S. The van der Waals surface area contributed by atoms with E-state index in [4.69, 9.17) is 18.9 Å². The number of carbonyl (C=O) groups excluding carboxylic acids is 1. The summed E-state index contributed by atoms with van der Waals surface area (Å²) in [4.78, 5) is 13.2. The van der Waals surface area contributed by atoms with Gasteiger partial charge < -0.3 is 24.3 Å². The lowest BCUT2D eigenvalue weighted by Crippen LogP contribution is -2.41. The van der Waals surface area contributed by atoms with Crippen molar-refractivity contribution in [3.05, 3.63) is 71.8 Å². The molecule has 0 bridgehead atoms. The summed E-state index contributed by atoms with van der Waals surface area (Å²) in [5.74, 6) is 1.38. The molecule has 0 fully saturated rings. The van der Waals surface area contributed by atoms with Crippen molar-refractivity contribution >= 4 is 21.6 Å². The van der Waals surface area contributed by atoms with Crippen LogP contribution in [0, 0.1) is 6.92 Å². The van der Waals surface area contributed by atoms with E-state index in [0.717, 1.165) is 15.4 Å². The average Bonchev–Trinajstić information content (AvgIpc) is 2.91. The average molecular weight is 543 g/mol. The third-order valence-electron chi connectivity index (χ3n) is 5.90. The van der Waals surface area contributed by atoms with Crippen LogP contribution in [0.2, 0.25) is 0 Å². The first-order chi connectivity index (χ1) is 18.1. The number of rotatable bonds is 12. The van der Waals surface area contributed by atoms with Crippen molar-refractivity contribution in [3.8, 4) is 23.0 Å². The van der Waals surface area contributed by atoms with Crippen molar-refractivity contribution in [1.29, 1.82) is 0 Å². The lowest BCUT2D eigenvalue weighted by molar-refractivity contribution is -0.120. The first-order valence-electron chi connectivity index (χ1n) is 12.1. The molecule has 0 heterocycles. The molecule has 1 amide bonds. The van der Waals surface area contributed by atoms with E-state index in [1.54, 1.807) is 69.5 Å². The van der Waals surface area contributed by atoms with Crippen molar-refractivity contribution in [2.24, 2.45) is 0 Å². The Morgan fingerprint density at radius 1 is 0.895 bits per heavy atom. The normalized spacial score (nSPS) is 11.8. The number of hydrogen-bond acceptors (Lipinski definition) is 7. The molecule has 0 aliphatic heterocycles. The Labute approximate surface area is 224 Å². The lowest BCUT2D eigenvalue weighted by atomic mass is 10.1. The molecule has 0 saturated carbocycles. The number of methoxy groups -OCH3 is 3. The van der Waals surface area contributed by atoms with E-state index in [-0.39, 0.29) is 10.6 Å². The number of nitrogens with one attached hydrogen (secondary N) is 1. The van der Waals surface area contributed by atoms with Crippen molar-refractivity contribution in [3.63, 3.8) is 0 Å². The van der Waals surface area contributed by atoms with Crippen molar-refractivity contribution in [2.45, 2.75) is 31.7 Å². The Morgan fingerprint density at radius 2 is 1.53 bits per heavy atom. The minimum Gasteiger partial charge on any atom is -0.495 e. The molecule has 3 aromatic rings. The molecule has 38 heavy (non-hydrogen) atoms. The second-order valence-corrected chi connectivity index (χ2v) is 10.3. The Hall–Kier alpha value is -3.92. The van der Waals surface area contributed by atoms with Gasteiger partial charge in [0.05, 0.1) is 39.7 Å². The van der Waals surface area contributed by atoms with Crippen LogP contribution in [-0.2, 0) is 14.8 Å². The molecule has 0 saturated heterocycles. The molecule has 1 atom stereocenters. The maximum Gasteiger partial charge on any atom is 0.268 e. The summed E-state index contributed by atoms with van der Waals surface area (Å²) in [7, 11) is 0.291. The summed E-state index contributed by atoms with van der Waals surface area (Å²) in [5, 5.41) is 2.88. The minimum atomic E-state index is -4.19. The van der Waals surface area contributed by atoms with Crippen LogP contribution in [0.15, 0.2) is 65.6 Å². The fourth-order valence-corrected chi connectivity index (χ4v) is 5.58. The molecule has 0 spiro atoms. The molecule has 3 rings (SSSR count). The molecule has 0 aliphatic carbocycles. The van der Waals surface area contributed by atoms with Crippen LogP contribution in [0.4, 0.5) is 5.69 Å². The van der Waals surface area contributed by atoms with Gasteiger partial charge in [0, 0.05) is 0 Å². The van der Waals surface area contributed by atoms with Gasteiger partial charge in [-0.1, -0.05) is 12.1 Å². The monoisotopic (exact) mass is 542 g/mol. The zero-order chi connectivity index (χ0) is 27.9. The van der Waals surface area contributed by atoms with Gasteiger partial charge in [-0.3, -0.25) is 9.10 Å². The summed E-state index contributed by atoms with van der Waals surface area (Å²) in [6.45, 7) is 5.47. The van der Waals surface area contributed by atoms with Gasteiger partial charge in [-0.05, 0) is 80.4 Å². The Bertz CT molecular complexity index is 1360. The van der Waals surface area contributed by atoms with Gasteiger partial charge in [0.2, 0.25) is 5.91 Å². The van der Waals surface area contributed by atoms with Gasteiger partial charge in [-0.25, -0.2) is 8.42 Å². The molecule has 10 heteroatoms. The molecule has 0 unspecified atom stereocenters. The predicted molar refractivity (Wildman–Crippen MR) is 146 cm³/mol. The van der Waals surface area contributed by atoms with Gasteiger partial charge in [-0.15, -0.1) is 0 Å². The van der Waals surface area contributed by atoms with Crippen LogP contribution < -0.4 is 28.6 Å². The van der Waals surface area contributed by atoms with E-state index in [1.807, 2.05) is 13.0 Å². The number of hydrogen-bond donors (Lipinski definition) is 1. The SMILES string of the molecule is CCOc1ccc(N(CC(=O)N[C@@H](C)c2ccc(OC)c(OC)c2)S(=O)(=O)c2cc(C)ccc2OC)cc1. The molecule has 1 N–H and O–H groups in total. The molecule has 0 aliphatic rings. The maximum absolute atomic E-state index is 13.9. The molecule has 204 valence electrons. The smallest absolute Gasteiger partial charge is 0.268 e. The van der Waals surface area contributed by atoms with Gasteiger partial charge in [0.1, 0.15) is 22.9 Å². The van der Waals surface area contributed by atoms with Crippen LogP contribution >= 0.6 is 0 Å². The topological polar surface area (TPSA) is 103 Å². The molecule has 9 nitrogen and oxygen atoms in total. The van der Waals surface area contributed by atoms with Gasteiger partial charge >= 0.3 is 0 Å². The number of nitrogens with zero attached hydrogens (tertiary/aromatic N) is 1. The van der Waals surface area contributed by atoms with E-state index in [9.17, 15) is 13.2 Å². The number of aryl methyl sites for hydroxylation is 1. The highest BCUT2D eigenvalue weighted by Crippen LogP contribution is 2.32. The number of sulfonamides is 1. The van der Waals surface area contributed by atoms with Crippen LogP contribution in [0.25, 0.3) is 0 Å². The fraction of sp³-hybridized carbons (Fsp3) is 0.321. The molecular weight excluding hydrogens is 508 g/mol. The Balaban J connectivity index is 1.95. The summed E-state index contributed by atoms with van der Waals surface area (Å²) < 4.78 is 50.4. The zero-order valence-electron chi connectivity index (χ0n) is 22.5. The third-order valence-corrected chi connectivity index (χ3v) is 7.69. The second-order valence-electron chi connectivity index (χ2n) is 8.50. The van der Waals surface area contributed by atoms with Gasteiger partial charge in [0.25, 0.3) is 10.0 Å². The van der Waals surface area contributed by atoms with Crippen LogP contribution in [-0.4, -0.2) is 48.8 Å². The van der Waals surface area contributed by atoms with Crippen molar-refractivity contribution in [2.75, 3.05) is 38.8 Å². The fourth-order valence-electron chi connectivity index (χ4n) is 3.92. The van der Waals surface area contributed by atoms with Crippen LogP contribution in [0.5, 0.6) is 23.0 Å². The minimum absolute atomic E-state index is 0.0328. The highest BCUT2D eigenvalue weighted by Gasteiger charge is 2.30. The first-order valence-corrected chi connectivity index (χ1v) is 13.5. The largest absolute Gasteiger partial charge is 0.495 e. The van der Waals surface area contributed by atoms with E-state index < -0.39 is 28.5 Å². The number of carbonyl (C=O) groups is 1. The van der Waals surface area contributed by atoms with E-state index >= 15 is 0 Å². The van der Waals surface area contributed by atoms with Crippen molar-refractivity contribution < 1.29 is 32.2 Å². The van der Waals surface area contributed by atoms with E-state index in [1.165, 1.54) is 20.3 Å². The quantitative estimate of drug-likeness (QED) is 0.360. The zero-order valence-corrected chi connectivity index (χ0v) is 23.3. The number of amides is 1. The van der Waals surface area contributed by atoms with Gasteiger partial charge in [0.15, 0.2) is 11.5 Å². The highest BCUT2D eigenvalue weighted by atomic mass is 32.2. The number of anilines is 1. The van der Waals surface area contributed by atoms with Crippen molar-refractivity contribution in [1.82, 2.24) is 5.32 Å². The van der Waals surface area contributed by atoms with Gasteiger partial charge in [-0.2, -0.15) is 0 Å². The standard InChI is InChI=1S/C28H34N2O7S/c1-7-37-23-12-10-22(11-13-23)30(38(32,33)27-16-19(2)8-14-25(27)35-5)18-28(31)29-20(3)21-9-15-24(34-4)26(17-21)36-6/h8-17,20H,7,18H2,1-6H3,(H,29,31)/t20-/m0/s1.